The molecule has 6 heteroatoms. The number of carbonyl (C=O) groups excluding carboxylic acids is 1. The lowest BCUT2D eigenvalue weighted by Gasteiger charge is -2.12. The average molecular weight is 343 g/mol. The molecular weight excluding hydrogens is 328 g/mol. The summed E-state index contributed by atoms with van der Waals surface area (Å²) in [4.78, 5) is 12.6. The van der Waals surface area contributed by atoms with Crippen LogP contribution in [0.15, 0.2) is 36.4 Å². The molecule has 0 spiro atoms. The van der Waals surface area contributed by atoms with Crippen molar-refractivity contribution >= 4 is 38.6 Å². The first-order chi connectivity index (χ1) is 9.81. The minimum Gasteiger partial charge on any atom is -0.292 e. The summed E-state index contributed by atoms with van der Waals surface area (Å²) in [5, 5.41) is -1.08. The molecule has 0 aliphatic heterocycles. The predicted molar refractivity (Wildman–Crippen MR) is 86.9 cm³/mol. The molecule has 3 nitrogen and oxygen atoms in total. The smallest absolute Gasteiger partial charge is 0.190 e. The second kappa shape index (κ2) is 6.30. The van der Waals surface area contributed by atoms with Crippen molar-refractivity contribution in [1.82, 2.24) is 0 Å². The van der Waals surface area contributed by atoms with Crippen molar-refractivity contribution in [2.75, 3.05) is 0 Å². The highest BCUT2D eigenvalue weighted by molar-refractivity contribution is 7.92. The molecule has 0 aliphatic rings. The third-order valence-corrected chi connectivity index (χ3v) is 6.59. The van der Waals surface area contributed by atoms with Crippen LogP contribution in [0.3, 0.4) is 0 Å². The van der Waals surface area contributed by atoms with Gasteiger partial charge >= 0.3 is 0 Å². The fourth-order valence-electron chi connectivity index (χ4n) is 1.92. The Morgan fingerprint density at radius 2 is 1.90 bits per heavy atom. The summed E-state index contributed by atoms with van der Waals surface area (Å²) in [7, 11) is -3.56. The van der Waals surface area contributed by atoms with E-state index < -0.39 is 20.9 Å². The Bertz CT molecular complexity index is 763. The van der Waals surface area contributed by atoms with Crippen LogP contribution < -0.4 is 0 Å². The largest absolute Gasteiger partial charge is 0.292 e. The average Bonchev–Trinajstić information content (AvgIpc) is 2.86. The Kier molecular flexibility index (Phi) is 4.86. The number of sulfone groups is 1. The molecule has 0 amide bonds. The van der Waals surface area contributed by atoms with Crippen molar-refractivity contribution in [2.45, 2.75) is 24.9 Å². The lowest BCUT2D eigenvalue weighted by molar-refractivity contribution is 0.0995. The van der Waals surface area contributed by atoms with Gasteiger partial charge in [0.25, 0.3) is 0 Å². The van der Waals surface area contributed by atoms with Crippen LogP contribution >= 0.6 is 22.9 Å². The normalized spacial score (nSPS) is 13.1. The zero-order valence-corrected chi connectivity index (χ0v) is 14.1. The van der Waals surface area contributed by atoms with E-state index in [4.69, 9.17) is 11.6 Å². The molecule has 0 N–H and O–H groups in total. The SMILES string of the molecule is Cc1ccccc1CS(=O)(=O)C(C)C(=O)c1ccc(Cl)s1. The van der Waals surface area contributed by atoms with Gasteiger partial charge in [-0.1, -0.05) is 35.9 Å². The van der Waals surface area contributed by atoms with Gasteiger partial charge in [0, 0.05) is 0 Å². The van der Waals surface area contributed by atoms with Gasteiger partial charge in [0.15, 0.2) is 15.6 Å². The number of carbonyl (C=O) groups is 1. The van der Waals surface area contributed by atoms with E-state index in [-0.39, 0.29) is 5.75 Å². The highest BCUT2D eigenvalue weighted by Gasteiger charge is 2.30. The fourth-order valence-corrected chi connectivity index (χ4v) is 4.53. The van der Waals surface area contributed by atoms with Crippen LogP contribution in [0, 0.1) is 6.92 Å². The van der Waals surface area contributed by atoms with E-state index in [0.717, 1.165) is 22.5 Å². The maximum atomic E-state index is 12.4. The second-order valence-electron chi connectivity index (χ2n) is 4.84. The standard InChI is InChI=1S/C15H15ClO3S2/c1-10-5-3-4-6-12(10)9-21(18,19)11(2)15(17)13-7-8-14(16)20-13/h3-8,11H,9H2,1-2H3. The molecule has 0 saturated heterocycles. The number of halogens is 1. The first kappa shape index (κ1) is 16.2. The molecule has 1 atom stereocenters. The summed E-state index contributed by atoms with van der Waals surface area (Å²) in [5.41, 5.74) is 1.63. The quantitative estimate of drug-likeness (QED) is 0.774. The molecule has 0 radical (unpaired) electrons. The molecule has 1 unspecified atom stereocenters. The van der Waals surface area contributed by atoms with E-state index in [1.165, 1.54) is 6.92 Å². The maximum Gasteiger partial charge on any atom is 0.190 e. The van der Waals surface area contributed by atoms with Crippen molar-refractivity contribution in [3.63, 3.8) is 0 Å². The zero-order chi connectivity index (χ0) is 15.6. The number of Topliss-reactive ketones (excluding diaryl/α,β-unsaturated/α-hetero) is 1. The number of aryl methyl sites for hydroxylation is 1. The van der Waals surface area contributed by atoms with Gasteiger partial charge in [-0.05, 0) is 37.1 Å². The Balaban J connectivity index is 2.23. The molecular formula is C15H15ClO3S2. The van der Waals surface area contributed by atoms with E-state index >= 15 is 0 Å². The Morgan fingerprint density at radius 1 is 1.24 bits per heavy atom. The lowest BCUT2D eigenvalue weighted by atomic mass is 10.1. The monoisotopic (exact) mass is 342 g/mol. The zero-order valence-electron chi connectivity index (χ0n) is 11.7. The molecule has 112 valence electrons. The minimum absolute atomic E-state index is 0.133. The molecule has 0 aliphatic carbocycles. The highest BCUT2D eigenvalue weighted by Crippen LogP contribution is 2.25. The molecule has 2 rings (SSSR count). The third-order valence-electron chi connectivity index (χ3n) is 3.34. The molecule has 2 aromatic rings. The Labute approximate surface area is 133 Å². The summed E-state index contributed by atoms with van der Waals surface area (Å²) >= 11 is 6.89. The number of benzene rings is 1. The number of rotatable bonds is 5. The minimum atomic E-state index is -3.56. The summed E-state index contributed by atoms with van der Waals surface area (Å²) in [5.74, 6) is -0.536. The van der Waals surface area contributed by atoms with Gasteiger partial charge in [0.2, 0.25) is 0 Å². The van der Waals surface area contributed by atoms with Crippen molar-refractivity contribution in [2.24, 2.45) is 0 Å². The van der Waals surface area contributed by atoms with Gasteiger partial charge in [0.05, 0.1) is 15.0 Å². The van der Waals surface area contributed by atoms with Crippen LogP contribution in [-0.4, -0.2) is 19.5 Å². The van der Waals surface area contributed by atoms with E-state index in [0.29, 0.717) is 9.21 Å². The van der Waals surface area contributed by atoms with E-state index in [2.05, 4.69) is 0 Å². The summed E-state index contributed by atoms with van der Waals surface area (Å²) in [6, 6.07) is 10.4. The number of thiophene rings is 1. The van der Waals surface area contributed by atoms with E-state index in [1.807, 2.05) is 19.1 Å². The molecule has 0 fully saturated rings. The van der Waals surface area contributed by atoms with Gasteiger partial charge in [-0.15, -0.1) is 11.3 Å². The summed E-state index contributed by atoms with van der Waals surface area (Å²) < 4.78 is 25.3. The second-order valence-corrected chi connectivity index (χ2v) is 8.88. The van der Waals surface area contributed by atoms with Gasteiger partial charge in [-0.25, -0.2) is 8.42 Å². The molecule has 1 heterocycles. The van der Waals surface area contributed by atoms with Crippen LogP contribution in [0.25, 0.3) is 0 Å². The summed E-state index contributed by atoms with van der Waals surface area (Å²) in [6.45, 7) is 3.29. The van der Waals surface area contributed by atoms with Crippen LogP contribution in [0.4, 0.5) is 0 Å². The molecule has 21 heavy (non-hydrogen) atoms. The van der Waals surface area contributed by atoms with Crippen molar-refractivity contribution in [3.05, 3.63) is 56.7 Å². The van der Waals surface area contributed by atoms with E-state index in [1.54, 1.807) is 24.3 Å². The summed E-state index contributed by atoms with van der Waals surface area (Å²) in [6.07, 6.45) is 0. The Hall–Kier alpha value is -1.17. The van der Waals surface area contributed by atoms with Crippen LogP contribution in [0.1, 0.15) is 27.7 Å². The first-order valence-corrected chi connectivity index (χ1v) is 9.28. The number of hydrogen-bond acceptors (Lipinski definition) is 4. The molecule has 1 aromatic carbocycles. The van der Waals surface area contributed by atoms with Gasteiger partial charge < -0.3 is 0 Å². The van der Waals surface area contributed by atoms with E-state index in [9.17, 15) is 13.2 Å². The molecule has 1 aromatic heterocycles. The number of ketones is 1. The van der Waals surface area contributed by atoms with Gasteiger partial charge in [0.1, 0.15) is 5.25 Å². The third kappa shape index (κ3) is 3.73. The Morgan fingerprint density at radius 3 is 2.48 bits per heavy atom. The number of hydrogen-bond donors (Lipinski definition) is 0. The predicted octanol–water partition coefficient (Wildman–Crippen LogP) is 3.90. The van der Waals surface area contributed by atoms with Crippen molar-refractivity contribution < 1.29 is 13.2 Å². The van der Waals surface area contributed by atoms with Gasteiger partial charge in [-0.3, -0.25) is 4.79 Å². The molecule has 0 saturated carbocycles. The maximum absolute atomic E-state index is 12.4. The first-order valence-electron chi connectivity index (χ1n) is 6.37. The van der Waals surface area contributed by atoms with Crippen LogP contribution in [-0.2, 0) is 15.6 Å². The van der Waals surface area contributed by atoms with Crippen molar-refractivity contribution in [1.29, 1.82) is 0 Å². The van der Waals surface area contributed by atoms with Gasteiger partial charge in [-0.2, -0.15) is 0 Å². The fraction of sp³-hybridized carbons (Fsp3) is 0.267. The van der Waals surface area contributed by atoms with Crippen molar-refractivity contribution in [3.8, 4) is 0 Å². The lowest BCUT2D eigenvalue weighted by Crippen LogP contribution is -2.28. The topological polar surface area (TPSA) is 51.2 Å². The highest BCUT2D eigenvalue weighted by atomic mass is 35.5. The van der Waals surface area contributed by atoms with Crippen LogP contribution in [0.5, 0.6) is 0 Å². The molecule has 0 bridgehead atoms. The van der Waals surface area contributed by atoms with Crippen LogP contribution in [0.2, 0.25) is 4.34 Å².